The summed E-state index contributed by atoms with van der Waals surface area (Å²) in [4.78, 5) is 14.2. The summed E-state index contributed by atoms with van der Waals surface area (Å²) in [5.74, 6) is 1.62. The van der Waals surface area contributed by atoms with Crippen molar-refractivity contribution < 1.29 is 9.21 Å². The molecule has 1 aliphatic rings. The van der Waals surface area contributed by atoms with Crippen LogP contribution in [0.25, 0.3) is 11.4 Å². The van der Waals surface area contributed by atoms with Crippen molar-refractivity contribution in [1.82, 2.24) is 19.8 Å². The van der Waals surface area contributed by atoms with Crippen molar-refractivity contribution in [3.05, 3.63) is 76.4 Å². The molecule has 1 aliphatic heterocycles. The predicted octanol–water partition coefficient (Wildman–Crippen LogP) is 4.92. The minimum absolute atomic E-state index is 0.0946. The highest BCUT2D eigenvalue weighted by Crippen LogP contribution is 2.35. The van der Waals surface area contributed by atoms with Crippen molar-refractivity contribution in [1.29, 1.82) is 0 Å². The van der Waals surface area contributed by atoms with Gasteiger partial charge in [-0.05, 0) is 30.5 Å². The molecule has 5 rings (SSSR count). The lowest BCUT2D eigenvalue weighted by Crippen LogP contribution is -2.28. The predicted molar refractivity (Wildman–Crippen MR) is 126 cm³/mol. The van der Waals surface area contributed by atoms with Crippen LogP contribution >= 0.6 is 23.1 Å². The van der Waals surface area contributed by atoms with Gasteiger partial charge < -0.3 is 8.98 Å². The van der Waals surface area contributed by atoms with Gasteiger partial charge in [0.15, 0.2) is 11.0 Å². The van der Waals surface area contributed by atoms with E-state index in [9.17, 15) is 4.79 Å². The minimum atomic E-state index is -0.238. The Morgan fingerprint density at radius 1 is 1.19 bits per heavy atom. The zero-order valence-electron chi connectivity index (χ0n) is 17.6. The van der Waals surface area contributed by atoms with Gasteiger partial charge in [-0.1, -0.05) is 47.7 Å². The number of hydrogen-bond acceptors (Lipinski definition) is 7. The van der Waals surface area contributed by atoms with Gasteiger partial charge in [0.05, 0.1) is 22.6 Å². The van der Waals surface area contributed by atoms with Crippen LogP contribution in [0.1, 0.15) is 28.7 Å². The largest absolute Gasteiger partial charge is 0.467 e. The SMILES string of the molecule is Cc1ccc(-c2nnc(SCC(=O)N3N=C(c4cccs4)CC3c3ccco3)n2C)cc1. The molecule has 0 fully saturated rings. The zero-order chi connectivity index (χ0) is 22.1. The summed E-state index contributed by atoms with van der Waals surface area (Å²) in [5, 5.41) is 17.5. The molecule has 3 aromatic heterocycles. The Morgan fingerprint density at radius 2 is 2.03 bits per heavy atom. The number of amides is 1. The monoisotopic (exact) mass is 463 g/mol. The van der Waals surface area contributed by atoms with Gasteiger partial charge >= 0.3 is 0 Å². The molecule has 4 aromatic rings. The van der Waals surface area contributed by atoms with Gasteiger partial charge in [0.25, 0.3) is 5.91 Å². The summed E-state index contributed by atoms with van der Waals surface area (Å²) in [6, 6.07) is 15.6. The number of thiophene rings is 1. The molecule has 0 radical (unpaired) electrons. The van der Waals surface area contributed by atoms with E-state index in [1.807, 2.05) is 72.4 Å². The van der Waals surface area contributed by atoms with Gasteiger partial charge in [-0.2, -0.15) is 5.10 Å². The van der Waals surface area contributed by atoms with Crippen LogP contribution in [0, 0.1) is 6.92 Å². The molecule has 0 spiro atoms. The van der Waals surface area contributed by atoms with E-state index in [2.05, 4.69) is 15.3 Å². The average molecular weight is 464 g/mol. The molecule has 4 heterocycles. The number of nitrogens with zero attached hydrogens (tertiary/aromatic N) is 5. The van der Waals surface area contributed by atoms with Crippen molar-refractivity contribution in [3.63, 3.8) is 0 Å². The third-order valence-corrected chi connectivity index (χ3v) is 7.24. The third kappa shape index (κ3) is 4.01. The highest BCUT2D eigenvalue weighted by Gasteiger charge is 2.35. The first-order valence-corrected chi connectivity index (χ1v) is 12.0. The Hall–Kier alpha value is -3.17. The molecule has 0 saturated heterocycles. The lowest BCUT2D eigenvalue weighted by Gasteiger charge is -2.19. The highest BCUT2D eigenvalue weighted by atomic mass is 32.2. The number of furan rings is 1. The maximum absolute atomic E-state index is 13.2. The van der Waals surface area contributed by atoms with Crippen LogP contribution in [0.15, 0.2) is 74.8 Å². The summed E-state index contributed by atoms with van der Waals surface area (Å²) in [7, 11) is 1.91. The number of rotatable bonds is 6. The smallest absolute Gasteiger partial charge is 0.253 e. The van der Waals surface area contributed by atoms with Gasteiger partial charge in [0.2, 0.25) is 0 Å². The fraction of sp³-hybridized carbons (Fsp3) is 0.217. The van der Waals surface area contributed by atoms with Gasteiger partial charge in [-0.15, -0.1) is 21.5 Å². The lowest BCUT2D eigenvalue weighted by atomic mass is 10.1. The summed E-state index contributed by atoms with van der Waals surface area (Å²) in [6.07, 6.45) is 2.26. The van der Waals surface area contributed by atoms with Crippen LogP contribution in [0.4, 0.5) is 0 Å². The second-order valence-electron chi connectivity index (χ2n) is 7.52. The van der Waals surface area contributed by atoms with E-state index in [4.69, 9.17) is 4.42 Å². The summed E-state index contributed by atoms with van der Waals surface area (Å²) in [5.41, 5.74) is 3.08. The fourth-order valence-corrected chi connectivity index (χ4v) is 5.11. The molecule has 1 unspecified atom stereocenters. The number of aromatic nitrogens is 3. The highest BCUT2D eigenvalue weighted by molar-refractivity contribution is 7.99. The van der Waals surface area contributed by atoms with Crippen molar-refractivity contribution in [3.8, 4) is 11.4 Å². The van der Waals surface area contributed by atoms with Crippen molar-refractivity contribution >= 4 is 34.7 Å². The number of hydrazone groups is 1. The molecular weight excluding hydrogens is 442 g/mol. The second kappa shape index (κ2) is 8.76. The number of hydrogen-bond donors (Lipinski definition) is 0. The number of aryl methyl sites for hydroxylation is 1. The Bertz CT molecular complexity index is 1240. The minimum Gasteiger partial charge on any atom is -0.467 e. The second-order valence-corrected chi connectivity index (χ2v) is 9.41. The first kappa shape index (κ1) is 20.7. The number of benzene rings is 1. The molecule has 162 valence electrons. The van der Waals surface area contributed by atoms with Gasteiger partial charge in [0.1, 0.15) is 11.8 Å². The quantitative estimate of drug-likeness (QED) is 0.380. The van der Waals surface area contributed by atoms with Crippen LogP contribution in [0.3, 0.4) is 0 Å². The maximum atomic E-state index is 13.2. The molecule has 1 aromatic carbocycles. The Kier molecular flexibility index (Phi) is 5.67. The number of carbonyl (C=O) groups is 1. The van der Waals surface area contributed by atoms with E-state index >= 15 is 0 Å². The van der Waals surface area contributed by atoms with Crippen LogP contribution < -0.4 is 0 Å². The zero-order valence-corrected chi connectivity index (χ0v) is 19.3. The van der Waals surface area contributed by atoms with E-state index in [0.29, 0.717) is 11.6 Å². The van der Waals surface area contributed by atoms with E-state index in [1.54, 1.807) is 22.6 Å². The number of carbonyl (C=O) groups excluding carboxylic acids is 1. The van der Waals surface area contributed by atoms with Gasteiger partial charge in [0, 0.05) is 19.0 Å². The van der Waals surface area contributed by atoms with Crippen molar-refractivity contribution in [2.45, 2.75) is 24.5 Å². The first-order chi connectivity index (χ1) is 15.6. The van der Waals surface area contributed by atoms with Gasteiger partial charge in [-0.3, -0.25) is 4.79 Å². The average Bonchev–Trinajstić information content (AvgIpc) is 3.59. The molecular formula is C23H21N5O2S2. The van der Waals surface area contributed by atoms with Crippen LogP contribution in [0.5, 0.6) is 0 Å². The lowest BCUT2D eigenvalue weighted by molar-refractivity contribution is -0.130. The molecule has 7 nitrogen and oxygen atoms in total. The summed E-state index contributed by atoms with van der Waals surface area (Å²) >= 11 is 2.98. The molecule has 0 N–H and O–H groups in total. The van der Waals surface area contributed by atoms with Crippen LogP contribution in [-0.4, -0.2) is 37.1 Å². The molecule has 32 heavy (non-hydrogen) atoms. The topological polar surface area (TPSA) is 76.5 Å². The molecule has 1 atom stereocenters. The summed E-state index contributed by atoms with van der Waals surface area (Å²) < 4.78 is 7.52. The van der Waals surface area contributed by atoms with Crippen molar-refractivity contribution in [2.24, 2.45) is 12.1 Å². The number of thioether (sulfide) groups is 1. The molecule has 9 heteroatoms. The normalized spacial score (nSPS) is 15.9. The van der Waals surface area contributed by atoms with E-state index < -0.39 is 0 Å². The summed E-state index contributed by atoms with van der Waals surface area (Å²) in [6.45, 7) is 2.05. The van der Waals surface area contributed by atoms with Crippen LogP contribution in [-0.2, 0) is 11.8 Å². The fourth-order valence-electron chi connectivity index (χ4n) is 3.62. The van der Waals surface area contributed by atoms with Crippen LogP contribution in [0.2, 0.25) is 0 Å². The molecule has 0 aliphatic carbocycles. The van der Waals surface area contributed by atoms with E-state index in [0.717, 1.165) is 27.7 Å². The Labute approximate surface area is 193 Å². The van der Waals surface area contributed by atoms with Gasteiger partial charge in [-0.25, -0.2) is 5.01 Å². The third-order valence-electron chi connectivity index (χ3n) is 5.31. The standard InChI is InChI=1S/C23H21N5O2S2/c1-15-7-9-16(10-8-15)22-24-25-23(27(22)2)32-14-21(29)28-18(19-5-3-11-30-19)13-17(26-28)20-6-4-12-31-20/h3-12,18H,13-14H2,1-2H3. The van der Waals surface area contributed by atoms with Crippen molar-refractivity contribution in [2.75, 3.05) is 5.75 Å². The molecule has 0 bridgehead atoms. The molecule has 1 amide bonds. The molecule has 0 saturated carbocycles. The maximum Gasteiger partial charge on any atom is 0.253 e. The first-order valence-electron chi connectivity index (χ1n) is 10.2. The van der Waals surface area contributed by atoms with E-state index in [-0.39, 0.29) is 17.7 Å². The van der Waals surface area contributed by atoms with E-state index in [1.165, 1.54) is 17.3 Å². The Balaban J connectivity index is 1.33. The Morgan fingerprint density at radius 3 is 2.75 bits per heavy atom.